The largest absolute Gasteiger partial charge is 0.396 e. The fourth-order valence-electron chi connectivity index (χ4n) is 1.24. The van der Waals surface area contributed by atoms with Crippen molar-refractivity contribution in [3.8, 4) is 0 Å². The van der Waals surface area contributed by atoms with E-state index >= 15 is 0 Å². The molecule has 0 aliphatic heterocycles. The summed E-state index contributed by atoms with van der Waals surface area (Å²) in [5, 5.41) is 2.55. The van der Waals surface area contributed by atoms with E-state index in [0.717, 1.165) is 0 Å². The molecule has 0 aromatic heterocycles. The van der Waals surface area contributed by atoms with E-state index in [0.29, 0.717) is 4.90 Å². The summed E-state index contributed by atoms with van der Waals surface area (Å²) in [6.45, 7) is 5.59. The predicted molar refractivity (Wildman–Crippen MR) is 69.4 cm³/mol. The summed E-state index contributed by atoms with van der Waals surface area (Å²) < 4.78 is 13.2. The Bertz CT molecular complexity index is 409. The SMILES string of the molecule is CC(C)NC(=O)C(C)Sc1ccc(N)c(F)c1. The summed E-state index contributed by atoms with van der Waals surface area (Å²) in [5.74, 6) is -0.506. The van der Waals surface area contributed by atoms with Gasteiger partial charge in [-0.15, -0.1) is 11.8 Å². The van der Waals surface area contributed by atoms with E-state index in [-0.39, 0.29) is 22.9 Å². The first-order valence-corrected chi connectivity index (χ1v) is 6.30. The van der Waals surface area contributed by atoms with Gasteiger partial charge in [0, 0.05) is 10.9 Å². The number of halogens is 1. The standard InChI is InChI=1S/C12H17FN2OS/c1-7(2)15-12(16)8(3)17-9-4-5-11(14)10(13)6-9/h4-8H,14H2,1-3H3,(H,15,16). The average Bonchev–Trinajstić information content (AvgIpc) is 2.22. The van der Waals surface area contributed by atoms with Crippen LogP contribution in [0.2, 0.25) is 0 Å². The van der Waals surface area contributed by atoms with Crippen LogP contribution in [0.1, 0.15) is 20.8 Å². The van der Waals surface area contributed by atoms with Crippen molar-refractivity contribution in [2.75, 3.05) is 5.73 Å². The van der Waals surface area contributed by atoms with Gasteiger partial charge in [-0.1, -0.05) is 0 Å². The lowest BCUT2D eigenvalue weighted by atomic mass is 10.3. The Hall–Kier alpha value is -1.23. The molecule has 0 bridgehead atoms. The molecule has 3 N–H and O–H groups in total. The highest BCUT2D eigenvalue weighted by atomic mass is 32.2. The van der Waals surface area contributed by atoms with Crippen molar-refractivity contribution in [2.45, 2.75) is 37.0 Å². The van der Waals surface area contributed by atoms with Crippen LogP contribution in [-0.2, 0) is 4.79 Å². The first-order chi connectivity index (χ1) is 7.90. The molecule has 3 nitrogen and oxygen atoms in total. The number of anilines is 1. The Morgan fingerprint density at radius 3 is 2.59 bits per heavy atom. The highest BCUT2D eigenvalue weighted by molar-refractivity contribution is 8.00. The van der Waals surface area contributed by atoms with Gasteiger partial charge >= 0.3 is 0 Å². The van der Waals surface area contributed by atoms with Gasteiger partial charge in [0.1, 0.15) is 5.82 Å². The first kappa shape index (κ1) is 13.8. The van der Waals surface area contributed by atoms with Crippen molar-refractivity contribution in [1.82, 2.24) is 5.32 Å². The number of benzene rings is 1. The Labute approximate surface area is 105 Å². The molecule has 1 rings (SSSR count). The van der Waals surface area contributed by atoms with Gasteiger partial charge in [-0.3, -0.25) is 4.79 Å². The minimum atomic E-state index is -0.452. The highest BCUT2D eigenvalue weighted by Crippen LogP contribution is 2.25. The monoisotopic (exact) mass is 256 g/mol. The van der Waals surface area contributed by atoms with E-state index in [1.54, 1.807) is 13.0 Å². The number of carbonyl (C=O) groups is 1. The number of hydrogen-bond donors (Lipinski definition) is 2. The predicted octanol–water partition coefficient (Wildman–Crippen LogP) is 2.41. The van der Waals surface area contributed by atoms with Crippen LogP contribution in [0.25, 0.3) is 0 Å². The fourth-order valence-corrected chi connectivity index (χ4v) is 2.14. The van der Waals surface area contributed by atoms with Gasteiger partial charge < -0.3 is 11.1 Å². The Morgan fingerprint density at radius 1 is 1.41 bits per heavy atom. The van der Waals surface area contributed by atoms with E-state index in [2.05, 4.69) is 5.32 Å². The van der Waals surface area contributed by atoms with Gasteiger partial charge in [-0.2, -0.15) is 0 Å². The lowest BCUT2D eigenvalue weighted by Gasteiger charge is -2.14. The quantitative estimate of drug-likeness (QED) is 0.642. The minimum absolute atomic E-state index is 0.0535. The molecule has 94 valence electrons. The molecule has 0 saturated carbocycles. The van der Waals surface area contributed by atoms with Gasteiger partial charge in [0.25, 0.3) is 0 Å². The molecule has 5 heteroatoms. The van der Waals surface area contributed by atoms with Crippen LogP contribution >= 0.6 is 11.8 Å². The van der Waals surface area contributed by atoms with Crippen molar-refractivity contribution in [3.63, 3.8) is 0 Å². The zero-order chi connectivity index (χ0) is 13.0. The van der Waals surface area contributed by atoms with Crippen LogP contribution in [0.5, 0.6) is 0 Å². The molecule has 1 atom stereocenters. The van der Waals surface area contributed by atoms with Gasteiger partial charge in [0.2, 0.25) is 5.91 Å². The Kier molecular flexibility index (Phi) is 4.81. The summed E-state index contributed by atoms with van der Waals surface area (Å²) in [4.78, 5) is 12.4. The normalized spacial score (nSPS) is 12.5. The van der Waals surface area contributed by atoms with Gasteiger partial charge in [0.15, 0.2) is 0 Å². The molecule has 1 aromatic rings. The van der Waals surface area contributed by atoms with Crippen LogP contribution in [0.15, 0.2) is 23.1 Å². The molecular weight excluding hydrogens is 239 g/mol. The molecule has 1 amide bonds. The maximum Gasteiger partial charge on any atom is 0.233 e. The van der Waals surface area contributed by atoms with Crippen LogP contribution in [0, 0.1) is 5.82 Å². The van der Waals surface area contributed by atoms with Gasteiger partial charge in [0.05, 0.1) is 10.9 Å². The summed E-state index contributed by atoms with van der Waals surface area (Å²) in [6.07, 6.45) is 0. The highest BCUT2D eigenvalue weighted by Gasteiger charge is 2.15. The van der Waals surface area contributed by atoms with E-state index in [4.69, 9.17) is 5.73 Å². The second-order valence-corrected chi connectivity index (χ2v) is 5.52. The van der Waals surface area contributed by atoms with Crippen molar-refractivity contribution >= 4 is 23.4 Å². The molecule has 17 heavy (non-hydrogen) atoms. The number of carbonyl (C=O) groups excluding carboxylic acids is 1. The molecule has 0 radical (unpaired) electrons. The molecular formula is C12H17FN2OS. The number of rotatable bonds is 4. The van der Waals surface area contributed by atoms with Gasteiger partial charge in [-0.05, 0) is 39.0 Å². The zero-order valence-electron chi connectivity index (χ0n) is 10.2. The number of nitrogens with two attached hydrogens (primary N) is 1. The summed E-state index contributed by atoms with van der Waals surface area (Å²) >= 11 is 1.31. The topological polar surface area (TPSA) is 55.1 Å². The third-order valence-corrected chi connectivity index (χ3v) is 3.18. The maximum absolute atomic E-state index is 13.2. The van der Waals surface area contributed by atoms with Crippen molar-refractivity contribution in [1.29, 1.82) is 0 Å². The van der Waals surface area contributed by atoms with E-state index in [1.807, 2.05) is 13.8 Å². The molecule has 1 aromatic carbocycles. The van der Waals surface area contributed by atoms with E-state index in [9.17, 15) is 9.18 Å². The Morgan fingerprint density at radius 2 is 2.06 bits per heavy atom. The lowest BCUT2D eigenvalue weighted by molar-refractivity contribution is -0.120. The summed E-state index contributed by atoms with van der Waals surface area (Å²) in [7, 11) is 0. The fraction of sp³-hybridized carbons (Fsp3) is 0.417. The maximum atomic E-state index is 13.2. The molecule has 0 spiro atoms. The molecule has 1 unspecified atom stereocenters. The zero-order valence-corrected chi connectivity index (χ0v) is 11.0. The van der Waals surface area contributed by atoms with Crippen molar-refractivity contribution in [3.05, 3.63) is 24.0 Å². The average molecular weight is 256 g/mol. The third-order valence-electron chi connectivity index (χ3n) is 2.08. The summed E-state index contributed by atoms with van der Waals surface area (Å²) in [6, 6.07) is 4.67. The smallest absolute Gasteiger partial charge is 0.233 e. The number of thioether (sulfide) groups is 1. The van der Waals surface area contributed by atoms with Crippen molar-refractivity contribution in [2.24, 2.45) is 0 Å². The number of nitrogen functional groups attached to an aromatic ring is 1. The minimum Gasteiger partial charge on any atom is -0.396 e. The van der Waals surface area contributed by atoms with Crippen molar-refractivity contribution < 1.29 is 9.18 Å². The second-order valence-electron chi connectivity index (χ2n) is 4.11. The number of amides is 1. The van der Waals surface area contributed by atoms with Crippen LogP contribution in [0.3, 0.4) is 0 Å². The van der Waals surface area contributed by atoms with Crippen LogP contribution in [0.4, 0.5) is 10.1 Å². The van der Waals surface area contributed by atoms with Crippen LogP contribution < -0.4 is 11.1 Å². The molecule has 0 fully saturated rings. The number of nitrogens with one attached hydrogen (secondary N) is 1. The lowest BCUT2D eigenvalue weighted by Crippen LogP contribution is -2.35. The molecule has 0 saturated heterocycles. The van der Waals surface area contributed by atoms with Gasteiger partial charge in [-0.25, -0.2) is 4.39 Å². The molecule has 0 aliphatic carbocycles. The molecule has 0 heterocycles. The van der Waals surface area contributed by atoms with E-state index < -0.39 is 5.82 Å². The molecule has 0 aliphatic rings. The number of hydrogen-bond acceptors (Lipinski definition) is 3. The summed E-state index contributed by atoms with van der Waals surface area (Å²) in [5.41, 5.74) is 5.50. The third kappa shape index (κ3) is 4.26. The first-order valence-electron chi connectivity index (χ1n) is 5.42. The Balaban J connectivity index is 2.64. The van der Waals surface area contributed by atoms with Crippen LogP contribution in [-0.4, -0.2) is 17.2 Å². The van der Waals surface area contributed by atoms with E-state index in [1.165, 1.54) is 23.9 Å². The second kappa shape index (κ2) is 5.91.